The van der Waals surface area contributed by atoms with E-state index < -0.39 is 34.8 Å². The molecule has 0 aliphatic rings. The third-order valence-corrected chi connectivity index (χ3v) is 3.14. The Kier molecular flexibility index (Phi) is 5.18. The van der Waals surface area contributed by atoms with Crippen molar-refractivity contribution in [2.45, 2.75) is 6.92 Å². The maximum absolute atomic E-state index is 13.2. The summed E-state index contributed by atoms with van der Waals surface area (Å²) in [4.78, 5) is 28.9. The second-order valence-corrected chi connectivity index (χ2v) is 5.18. The predicted molar refractivity (Wildman–Crippen MR) is 80.9 cm³/mol. The van der Waals surface area contributed by atoms with Gasteiger partial charge >= 0.3 is 0 Å². The first-order valence-electron chi connectivity index (χ1n) is 6.90. The van der Waals surface area contributed by atoms with Crippen LogP contribution in [0.15, 0.2) is 30.5 Å². The number of hydrogen-bond donors (Lipinski definition) is 1. The Labute approximate surface area is 136 Å². The summed E-state index contributed by atoms with van der Waals surface area (Å²) in [6.45, 7) is 1.46. The van der Waals surface area contributed by atoms with Gasteiger partial charge in [0, 0.05) is 18.8 Å². The van der Waals surface area contributed by atoms with Crippen molar-refractivity contribution in [1.29, 1.82) is 0 Å². The zero-order chi connectivity index (χ0) is 17.9. The molecule has 0 unspecified atom stereocenters. The van der Waals surface area contributed by atoms with Crippen LogP contribution in [0, 0.1) is 24.4 Å². The topological polar surface area (TPSA) is 62.3 Å². The van der Waals surface area contributed by atoms with Gasteiger partial charge in [-0.25, -0.2) is 18.2 Å². The lowest BCUT2D eigenvalue weighted by molar-refractivity contribution is -0.116. The van der Waals surface area contributed by atoms with Gasteiger partial charge in [0.2, 0.25) is 5.91 Å². The van der Waals surface area contributed by atoms with Crippen LogP contribution in [0.2, 0.25) is 0 Å². The number of rotatable bonds is 4. The minimum absolute atomic E-state index is 0.319. The van der Waals surface area contributed by atoms with Crippen molar-refractivity contribution in [3.8, 4) is 0 Å². The summed E-state index contributed by atoms with van der Waals surface area (Å²) < 4.78 is 39.3. The second kappa shape index (κ2) is 7.12. The lowest BCUT2D eigenvalue weighted by Crippen LogP contribution is -2.35. The average molecular weight is 337 g/mol. The van der Waals surface area contributed by atoms with Gasteiger partial charge in [0.05, 0.1) is 6.54 Å². The van der Waals surface area contributed by atoms with Gasteiger partial charge in [-0.05, 0) is 36.8 Å². The summed E-state index contributed by atoms with van der Waals surface area (Å²) in [5.41, 5.74) is 0.498. The molecule has 0 aliphatic heterocycles. The van der Waals surface area contributed by atoms with Gasteiger partial charge in [-0.3, -0.25) is 9.59 Å². The number of amides is 2. The van der Waals surface area contributed by atoms with E-state index in [0.29, 0.717) is 18.0 Å². The Morgan fingerprint density at radius 3 is 2.38 bits per heavy atom. The Bertz CT molecular complexity index is 773. The summed E-state index contributed by atoms with van der Waals surface area (Å²) >= 11 is 0. The summed E-state index contributed by atoms with van der Waals surface area (Å²) in [6.07, 6.45) is 1.52. The molecule has 2 amide bonds. The van der Waals surface area contributed by atoms with E-state index in [-0.39, 0.29) is 6.54 Å². The quantitative estimate of drug-likeness (QED) is 0.872. The third-order valence-electron chi connectivity index (χ3n) is 3.14. The molecule has 0 fully saturated rings. The van der Waals surface area contributed by atoms with Crippen molar-refractivity contribution in [2.24, 2.45) is 0 Å². The highest BCUT2D eigenvalue weighted by Crippen LogP contribution is 2.15. The highest BCUT2D eigenvalue weighted by molar-refractivity contribution is 5.98. The number of anilines is 1. The number of pyridine rings is 1. The standard InChI is InChI=1S/C16H14F3N3O2/c1-9-3-4-20-13(5-9)21-14(23)8-22(2)16(24)10-6-11(17)15(19)12(18)7-10/h3-7H,8H2,1-2H3,(H,20,21,23). The SMILES string of the molecule is Cc1ccnc(NC(=O)CN(C)C(=O)c2cc(F)c(F)c(F)c2)c1. The smallest absolute Gasteiger partial charge is 0.254 e. The molecule has 0 atom stereocenters. The minimum Gasteiger partial charge on any atom is -0.332 e. The maximum Gasteiger partial charge on any atom is 0.254 e. The first kappa shape index (κ1) is 17.5. The van der Waals surface area contributed by atoms with E-state index >= 15 is 0 Å². The van der Waals surface area contributed by atoms with Crippen molar-refractivity contribution in [2.75, 3.05) is 18.9 Å². The Balaban J connectivity index is 2.04. The molecular weight excluding hydrogens is 323 g/mol. The molecular formula is C16H14F3N3O2. The van der Waals surface area contributed by atoms with E-state index in [1.165, 1.54) is 13.2 Å². The van der Waals surface area contributed by atoms with E-state index in [4.69, 9.17) is 0 Å². The molecule has 126 valence electrons. The number of aryl methyl sites for hydroxylation is 1. The molecule has 24 heavy (non-hydrogen) atoms. The molecule has 1 heterocycles. The number of halogens is 3. The Morgan fingerprint density at radius 2 is 1.79 bits per heavy atom. The van der Waals surface area contributed by atoms with Crippen LogP contribution in [0.3, 0.4) is 0 Å². The largest absolute Gasteiger partial charge is 0.332 e. The predicted octanol–water partition coefficient (Wildman–Crippen LogP) is 2.52. The molecule has 0 radical (unpaired) electrons. The number of hydrogen-bond acceptors (Lipinski definition) is 3. The van der Waals surface area contributed by atoms with Gasteiger partial charge < -0.3 is 10.2 Å². The summed E-state index contributed by atoms with van der Waals surface area (Å²) in [7, 11) is 1.28. The number of aromatic nitrogens is 1. The van der Waals surface area contributed by atoms with E-state index in [0.717, 1.165) is 10.5 Å². The molecule has 0 aliphatic carbocycles. The van der Waals surface area contributed by atoms with Crippen LogP contribution in [0.1, 0.15) is 15.9 Å². The highest BCUT2D eigenvalue weighted by Gasteiger charge is 2.19. The Hall–Kier alpha value is -2.90. The molecule has 0 bridgehead atoms. The lowest BCUT2D eigenvalue weighted by atomic mass is 10.2. The van der Waals surface area contributed by atoms with Crippen LogP contribution in [-0.2, 0) is 4.79 Å². The molecule has 1 N–H and O–H groups in total. The van der Waals surface area contributed by atoms with Gasteiger partial charge in [-0.1, -0.05) is 0 Å². The number of nitrogens with one attached hydrogen (secondary N) is 1. The molecule has 2 aromatic rings. The fourth-order valence-corrected chi connectivity index (χ4v) is 1.97. The van der Waals surface area contributed by atoms with Gasteiger partial charge in [0.1, 0.15) is 5.82 Å². The van der Waals surface area contributed by atoms with Crippen LogP contribution in [0.5, 0.6) is 0 Å². The summed E-state index contributed by atoms with van der Waals surface area (Å²) in [6, 6.07) is 4.56. The molecule has 1 aromatic carbocycles. The minimum atomic E-state index is -1.66. The zero-order valence-electron chi connectivity index (χ0n) is 12.9. The number of benzene rings is 1. The molecule has 1 aromatic heterocycles. The van der Waals surface area contributed by atoms with Crippen molar-refractivity contribution in [3.05, 3.63) is 59.0 Å². The second-order valence-electron chi connectivity index (χ2n) is 5.18. The molecule has 0 saturated heterocycles. The number of likely N-dealkylation sites (N-methyl/N-ethyl adjacent to an activating group) is 1. The van der Waals surface area contributed by atoms with Gasteiger partial charge in [-0.2, -0.15) is 0 Å². The fourth-order valence-electron chi connectivity index (χ4n) is 1.97. The first-order chi connectivity index (χ1) is 11.3. The molecule has 5 nitrogen and oxygen atoms in total. The van der Waals surface area contributed by atoms with Crippen LogP contribution < -0.4 is 5.32 Å². The number of carbonyl (C=O) groups is 2. The van der Waals surface area contributed by atoms with Crippen molar-refractivity contribution in [3.63, 3.8) is 0 Å². The zero-order valence-corrected chi connectivity index (χ0v) is 12.9. The molecule has 0 saturated carbocycles. The van der Waals surface area contributed by atoms with E-state index in [2.05, 4.69) is 10.3 Å². The van der Waals surface area contributed by atoms with E-state index in [9.17, 15) is 22.8 Å². The molecule has 8 heteroatoms. The summed E-state index contributed by atoms with van der Waals surface area (Å²) in [5.74, 6) is -5.63. The van der Waals surface area contributed by atoms with Gasteiger partial charge in [0.15, 0.2) is 17.5 Å². The lowest BCUT2D eigenvalue weighted by Gasteiger charge is -2.17. The van der Waals surface area contributed by atoms with Crippen molar-refractivity contribution < 1.29 is 22.8 Å². The van der Waals surface area contributed by atoms with Crippen LogP contribution in [0.25, 0.3) is 0 Å². The fraction of sp³-hybridized carbons (Fsp3) is 0.188. The average Bonchev–Trinajstić information content (AvgIpc) is 2.51. The molecule has 2 rings (SSSR count). The number of nitrogens with zero attached hydrogens (tertiary/aromatic N) is 2. The van der Waals surface area contributed by atoms with E-state index in [1.54, 1.807) is 12.1 Å². The van der Waals surface area contributed by atoms with Crippen LogP contribution >= 0.6 is 0 Å². The van der Waals surface area contributed by atoms with Crippen molar-refractivity contribution >= 4 is 17.6 Å². The highest BCUT2D eigenvalue weighted by atomic mass is 19.2. The number of carbonyl (C=O) groups excluding carboxylic acids is 2. The Morgan fingerprint density at radius 1 is 1.17 bits per heavy atom. The first-order valence-corrected chi connectivity index (χ1v) is 6.90. The van der Waals surface area contributed by atoms with E-state index in [1.807, 2.05) is 6.92 Å². The molecule has 0 spiro atoms. The van der Waals surface area contributed by atoms with Crippen LogP contribution in [0.4, 0.5) is 19.0 Å². The summed E-state index contributed by atoms with van der Waals surface area (Å²) in [5, 5.41) is 2.50. The van der Waals surface area contributed by atoms with Crippen LogP contribution in [-0.4, -0.2) is 35.3 Å². The van der Waals surface area contributed by atoms with Gasteiger partial charge in [0.25, 0.3) is 5.91 Å². The normalized spacial score (nSPS) is 10.4. The van der Waals surface area contributed by atoms with Gasteiger partial charge in [-0.15, -0.1) is 0 Å². The monoisotopic (exact) mass is 337 g/mol. The maximum atomic E-state index is 13.2. The third kappa shape index (κ3) is 4.09. The van der Waals surface area contributed by atoms with Crippen molar-refractivity contribution in [1.82, 2.24) is 9.88 Å².